The molecular formula is C20H13FN4O2S2. The van der Waals surface area contributed by atoms with Crippen LogP contribution in [0, 0.1) is 12.7 Å². The predicted octanol–water partition coefficient (Wildman–Crippen LogP) is 4.73. The molecule has 9 heteroatoms. The molecule has 0 spiro atoms. The molecular weight excluding hydrogens is 411 g/mol. The Morgan fingerprint density at radius 2 is 2.14 bits per heavy atom. The maximum atomic E-state index is 13.5. The van der Waals surface area contributed by atoms with Crippen LogP contribution in [0.15, 0.2) is 57.4 Å². The number of thiophene rings is 2. The Kier molecular flexibility index (Phi) is 4.33. The van der Waals surface area contributed by atoms with Crippen LogP contribution in [0.3, 0.4) is 0 Å². The third kappa shape index (κ3) is 3.18. The van der Waals surface area contributed by atoms with Crippen molar-refractivity contribution in [3.8, 4) is 21.5 Å². The van der Waals surface area contributed by atoms with E-state index in [0.717, 1.165) is 15.3 Å². The van der Waals surface area contributed by atoms with Gasteiger partial charge < -0.3 is 4.52 Å². The molecule has 0 unspecified atom stereocenters. The lowest BCUT2D eigenvalue weighted by Gasteiger charge is -2.05. The molecule has 4 heterocycles. The highest BCUT2D eigenvalue weighted by molar-refractivity contribution is 7.22. The fraction of sp³-hybridized carbons (Fsp3) is 0.100. The van der Waals surface area contributed by atoms with E-state index in [2.05, 4.69) is 15.1 Å². The summed E-state index contributed by atoms with van der Waals surface area (Å²) in [7, 11) is 0. The second-order valence-electron chi connectivity index (χ2n) is 6.44. The zero-order valence-corrected chi connectivity index (χ0v) is 16.8. The van der Waals surface area contributed by atoms with Crippen LogP contribution < -0.4 is 5.56 Å². The van der Waals surface area contributed by atoms with E-state index >= 15 is 0 Å². The van der Waals surface area contributed by atoms with Gasteiger partial charge in [0.15, 0.2) is 0 Å². The summed E-state index contributed by atoms with van der Waals surface area (Å²) in [6.45, 7) is 2.09. The van der Waals surface area contributed by atoms with E-state index in [9.17, 15) is 9.18 Å². The number of nitrogens with zero attached hydrogens (tertiary/aromatic N) is 4. The van der Waals surface area contributed by atoms with Crippen molar-refractivity contribution in [2.75, 3.05) is 0 Å². The third-order valence-electron chi connectivity index (χ3n) is 4.52. The number of benzene rings is 1. The Morgan fingerprint density at radius 1 is 1.24 bits per heavy atom. The molecule has 5 rings (SSSR count). The molecule has 0 fully saturated rings. The van der Waals surface area contributed by atoms with Gasteiger partial charge in [0, 0.05) is 0 Å². The Labute approximate surface area is 171 Å². The first-order chi connectivity index (χ1) is 14.1. The highest BCUT2D eigenvalue weighted by atomic mass is 32.1. The molecule has 0 saturated carbocycles. The lowest BCUT2D eigenvalue weighted by molar-refractivity contribution is 0.433. The van der Waals surface area contributed by atoms with Crippen molar-refractivity contribution in [3.63, 3.8) is 0 Å². The number of aromatic nitrogens is 4. The number of halogens is 1. The van der Waals surface area contributed by atoms with Crippen LogP contribution in [-0.4, -0.2) is 19.7 Å². The second kappa shape index (κ2) is 7.02. The smallest absolute Gasteiger partial charge is 0.268 e. The van der Waals surface area contributed by atoms with E-state index in [-0.39, 0.29) is 17.9 Å². The topological polar surface area (TPSA) is 73.8 Å². The molecule has 0 amide bonds. The molecule has 0 aliphatic carbocycles. The van der Waals surface area contributed by atoms with E-state index in [1.165, 1.54) is 45.7 Å². The Hall–Kier alpha value is -3.17. The molecule has 4 aromatic heterocycles. The largest absolute Gasteiger partial charge is 0.333 e. The third-order valence-corrected chi connectivity index (χ3v) is 6.57. The van der Waals surface area contributed by atoms with Crippen molar-refractivity contribution >= 4 is 32.9 Å². The molecule has 0 saturated heterocycles. The monoisotopic (exact) mass is 424 g/mol. The van der Waals surface area contributed by atoms with Gasteiger partial charge in [-0.2, -0.15) is 4.98 Å². The van der Waals surface area contributed by atoms with E-state index in [4.69, 9.17) is 4.52 Å². The van der Waals surface area contributed by atoms with Gasteiger partial charge in [-0.15, -0.1) is 22.7 Å². The minimum Gasteiger partial charge on any atom is -0.333 e. The van der Waals surface area contributed by atoms with Crippen molar-refractivity contribution in [2.45, 2.75) is 13.5 Å². The van der Waals surface area contributed by atoms with Crippen molar-refractivity contribution in [3.05, 3.63) is 75.4 Å². The molecule has 0 radical (unpaired) electrons. The van der Waals surface area contributed by atoms with Gasteiger partial charge in [-0.1, -0.05) is 23.4 Å². The molecule has 29 heavy (non-hydrogen) atoms. The van der Waals surface area contributed by atoms with Crippen molar-refractivity contribution in [2.24, 2.45) is 0 Å². The average molecular weight is 424 g/mol. The number of fused-ring (bicyclic) bond motifs is 1. The summed E-state index contributed by atoms with van der Waals surface area (Å²) < 4.78 is 20.4. The van der Waals surface area contributed by atoms with Crippen LogP contribution in [0.1, 0.15) is 11.1 Å². The quantitative estimate of drug-likeness (QED) is 0.417. The summed E-state index contributed by atoms with van der Waals surface area (Å²) in [5.74, 6) is 0.546. The van der Waals surface area contributed by atoms with Crippen LogP contribution in [0.4, 0.5) is 4.39 Å². The molecule has 144 valence electrons. The zero-order valence-electron chi connectivity index (χ0n) is 15.1. The highest BCUT2D eigenvalue weighted by Gasteiger charge is 2.20. The van der Waals surface area contributed by atoms with Gasteiger partial charge in [-0.25, -0.2) is 9.37 Å². The Bertz CT molecular complexity index is 1390. The van der Waals surface area contributed by atoms with Crippen molar-refractivity contribution in [1.82, 2.24) is 19.7 Å². The SMILES string of the molecule is Cc1c(-c2nc(-c3cccs3)no2)sc2ncn(Cc3cccc(F)c3)c(=O)c12. The van der Waals surface area contributed by atoms with Gasteiger partial charge in [0.25, 0.3) is 11.4 Å². The van der Waals surface area contributed by atoms with Crippen LogP contribution in [0.5, 0.6) is 0 Å². The highest BCUT2D eigenvalue weighted by Crippen LogP contribution is 2.36. The van der Waals surface area contributed by atoms with Crippen LogP contribution >= 0.6 is 22.7 Å². The Balaban J connectivity index is 1.57. The molecule has 0 atom stereocenters. The summed E-state index contributed by atoms with van der Waals surface area (Å²) in [4.78, 5) is 24.2. The first-order valence-corrected chi connectivity index (χ1v) is 10.4. The van der Waals surface area contributed by atoms with Crippen LogP contribution in [0.2, 0.25) is 0 Å². The van der Waals surface area contributed by atoms with Gasteiger partial charge in [0.1, 0.15) is 10.6 Å². The number of hydrogen-bond acceptors (Lipinski definition) is 7. The summed E-state index contributed by atoms with van der Waals surface area (Å²) in [6.07, 6.45) is 1.49. The number of aryl methyl sites for hydroxylation is 1. The van der Waals surface area contributed by atoms with Gasteiger partial charge >= 0.3 is 0 Å². The summed E-state index contributed by atoms with van der Waals surface area (Å²) in [6, 6.07) is 10.0. The summed E-state index contributed by atoms with van der Waals surface area (Å²) >= 11 is 2.87. The summed E-state index contributed by atoms with van der Waals surface area (Å²) in [5, 5.41) is 6.50. The maximum Gasteiger partial charge on any atom is 0.268 e. The molecule has 0 N–H and O–H groups in total. The predicted molar refractivity (Wildman–Crippen MR) is 111 cm³/mol. The number of rotatable bonds is 4. The lowest BCUT2D eigenvalue weighted by Crippen LogP contribution is -2.21. The lowest BCUT2D eigenvalue weighted by atomic mass is 10.2. The van der Waals surface area contributed by atoms with Crippen molar-refractivity contribution < 1.29 is 8.91 Å². The first-order valence-electron chi connectivity index (χ1n) is 8.71. The molecule has 1 aromatic carbocycles. The maximum absolute atomic E-state index is 13.5. The van der Waals surface area contributed by atoms with Crippen LogP contribution in [-0.2, 0) is 6.54 Å². The molecule has 0 bridgehead atoms. The van der Waals surface area contributed by atoms with E-state index in [0.29, 0.717) is 27.5 Å². The summed E-state index contributed by atoms with van der Waals surface area (Å²) in [5.41, 5.74) is 1.26. The number of hydrogen-bond donors (Lipinski definition) is 0. The van der Waals surface area contributed by atoms with E-state index in [1.54, 1.807) is 12.1 Å². The van der Waals surface area contributed by atoms with Gasteiger partial charge in [-0.05, 0) is 41.6 Å². The zero-order chi connectivity index (χ0) is 20.0. The van der Waals surface area contributed by atoms with E-state index < -0.39 is 0 Å². The normalized spacial score (nSPS) is 11.4. The average Bonchev–Trinajstić information content (AvgIpc) is 3.44. The minimum atomic E-state index is -0.337. The fourth-order valence-electron chi connectivity index (χ4n) is 3.13. The Morgan fingerprint density at radius 3 is 2.93 bits per heavy atom. The van der Waals surface area contributed by atoms with E-state index in [1.807, 2.05) is 24.4 Å². The van der Waals surface area contributed by atoms with Gasteiger partial charge in [-0.3, -0.25) is 9.36 Å². The molecule has 5 aromatic rings. The molecule has 0 aliphatic heterocycles. The second-order valence-corrected chi connectivity index (χ2v) is 8.39. The standard InChI is InChI=1S/C20H13FN4O2S2/c1-11-15-19(22-10-25(20(15)26)9-12-4-2-5-13(21)8-12)29-16(11)18-23-17(24-27-18)14-6-3-7-28-14/h2-8,10H,9H2,1H3. The first kappa shape index (κ1) is 17.9. The van der Waals surface area contributed by atoms with Crippen molar-refractivity contribution in [1.29, 1.82) is 0 Å². The minimum absolute atomic E-state index is 0.183. The molecule has 0 aliphatic rings. The van der Waals surface area contributed by atoms with Gasteiger partial charge in [0.05, 0.1) is 28.0 Å². The van der Waals surface area contributed by atoms with Crippen LogP contribution in [0.25, 0.3) is 31.7 Å². The fourth-order valence-corrected chi connectivity index (χ4v) is 4.84. The molecule has 6 nitrogen and oxygen atoms in total. The van der Waals surface area contributed by atoms with Gasteiger partial charge in [0.2, 0.25) is 5.82 Å².